The largest absolute Gasteiger partial charge is 0.334 e. The van der Waals surface area contributed by atoms with Crippen LogP contribution in [0.2, 0.25) is 0 Å². The number of carbonyl (C=O) groups is 4. The maximum atomic E-state index is 13.9. The number of fused-ring (bicyclic) bond motifs is 2. The Morgan fingerprint density at radius 2 is 1.86 bits per heavy atom. The maximum absolute atomic E-state index is 13.9. The van der Waals surface area contributed by atoms with Gasteiger partial charge in [-0.05, 0) is 93.3 Å². The number of hydrogen-bond acceptors (Lipinski definition) is 5. The van der Waals surface area contributed by atoms with Gasteiger partial charge in [-0.3, -0.25) is 29.5 Å². The van der Waals surface area contributed by atoms with Crippen molar-refractivity contribution in [2.24, 2.45) is 5.92 Å². The Kier molecular flexibility index (Phi) is 8.34. The van der Waals surface area contributed by atoms with Crippen molar-refractivity contribution in [3.05, 3.63) is 77.4 Å². The van der Waals surface area contributed by atoms with Gasteiger partial charge in [0, 0.05) is 30.9 Å². The van der Waals surface area contributed by atoms with E-state index in [4.69, 9.17) is 0 Å². The highest BCUT2D eigenvalue weighted by atomic mass is 16.2. The highest BCUT2D eigenvalue weighted by Gasteiger charge is 2.57. The maximum Gasteiger partial charge on any atom is 0.325 e. The number of amides is 5. The molecule has 43 heavy (non-hydrogen) atoms. The van der Waals surface area contributed by atoms with Crippen molar-refractivity contribution in [2.45, 2.75) is 70.0 Å². The Bertz CT molecular complexity index is 1420. The third kappa shape index (κ3) is 6.09. The molecule has 4 aliphatic rings. The fourth-order valence-corrected chi connectivity index (χ4v) is 6.95. The second-order valence-electron chi connectivity index (χ2n) is 12.4. The van der Waals surface area contributed by atoms with Crippen LogP contribution in [0.3, 0.4) is 0 Å². The monoisotopic (exact) mass is 583 g/mol. The van der Waals surface area contributed by atoms with Crippen LogP contribution in [-0.4, -0.2) is 70.7 Å². The van der Waals surface area contributed by atoms with Crippen molar-refractivity contribution in [3.63, 3.8) is 0 Å². The van der Waals surface area contributed by atoms with Crippen molar-refractivity contribution in [3.8, 4) is 0 Å². The van der Waals surface area contributed by atoms with Gasteiger partial charge in [0.2, 0.25) is 11.8 Å². The molecular weight excluding hydrogens is 542 g/mol. The van der Waals surface area contributed by atoms with Crippen LogP contribution in [0.4, 0.5) is 10.5 Å². The zero-order valence-corrected chi connectivity index (χ0v) is 24.9. The first kappa shape index (κ1) is 29.1. The molecular formula is C34H41N5O4. The van der Waals surface area contributed by atoms with Crippen molar-refractivity contribution < 1.29 is 19.2 Å². The van der Waals surface area contributed by atoms with Gasteiger partial charge in [-0.2, -0.15) is 0 Å². The van der Waals surface area contributed by atoms with Crippen LogP contribution in [0.5, 0.6) is 0 Å². The first-order valence-electron chi connectivity index (χ1n) is 15.6. The molecule has 2 aliphatic carbocycles. The van der Waals surface area contributed by atoms with Crippen LogP contribution in [-0.2, 0) is 32.9 Å². The highest BCUT2D eigenvalue weighted by Crippen LogP contribution is 2.45. The average molecular weight is 584 g/mol. The molecule has 1 saturated carbocycles. The number of hydrogen-bond donors (Lipinski definition) is 2. The number of nitrogens with zero attached hydrogens (tertiary/aromatic N) is 3. The first-order chi connectivity index (χ1) is 20.8. The Morgan fingerprint density at radius 1 is 1.09 bits per heavy atom. The minimum Gasteiger partial charge on any atom is -0.334 e. The van der Waals surface area contributed by atoms with Crippen molar-refractivity contribution in [1.29, 1.82) is 0 Å². The van der Waals surface area contributed by atoms with Crippen LogP contribution in [0, 0.1) is 5.92 Å². The molecule has 9 nitrogen and oxygen atoms in total. The fourth-order valence-electron chi connectivity index (χ4n) is 6.95. The summed E-state index contributed by atoms with van der Waals surface area (Å²) in [4.78, 5) is 58.7. The van der Waals surface area contributed by atoms with E-state index in [1.54, 1.807) is 12.1 Å². The molecule has 0 bridgehead atoms. The zero-order valence-electron chi connectivity index (χ0n) is 24.9. The lowest BCUT2D eigenvalue weighted by atomic mass is 9.90. The molecule has 2 heterocycles. The smallest absolute Gasteiger partial charge is 0.325 e. The third-order valence-electron chi connectivity index (χ3n) is 9.56. The van der Waals surface area contributed by atoms with Gasteiger partial charge < -0.3 is 10.2 Å². The van der Waals surface area contributed by atoms with Crippen LogP contribution in [0.1, 0.15) is 62.1 Å². The van der Waals surface area contributed by atoms with Crippen LogP contribution < -0.4 is 10.6 Å². The molecule has 2 aromatic carbocycles. The average Bonchev–Trinajstić information content (AvgIpc) is 3.75. The number of imide groups is 1. The van der Waals surface area contributed by atoms with E-state index in [1.165, 1.54) is 24.2 Å². The van der Waals surface area contributed by atoms with E-state index < -0.39 is 17.5 Å². The summed E-state index contributed by atoms with van der Waals surface area (Å²) < 4.78 is 0. The van der Waals surface area contributed by atoms with E-state index in [1.807, 2.05) is 53.4 Å². The number of likely N-dealkylation sites (tertiary alicyclic amines) is 1. The van der Waals surface area contributed by atoms with Crippen LogP contribution in [0.25, 0.3) is 0 Å². The van der Waals surface area contributed by atoms with Gasteiger partial charge in [-0.15, -0.1) is 0 Å². The summed E-state index contributed by atoms with van der Waals surface area (Å²) in [6, 6.07) is 14.8. The van der Waals surface area contributed by atoms with Crippen molar-refractivity contribution in [2.75, 3.05) is 31.5 Å². The Hall–Kier alpha value is -3.98. The molecule has 2 atom stereocenters. The highest BCUT2D eigenvalue weighted by molar-refractivity contribution is 6.09. The number of rotatable bonds is 10. The molecule has 3 fully saturated rings. The summed E-state index contributed by atoms with van der Waals surface area (Å²) in [5.41, 5.74) is 2.04. The van der Waals surface area contributed by atoms with Gasteiger partial charge in [0.25, 0.3) is 5.91 Å². The van der Waals surface area contributed by atoms with Crippen molar-refractivity contribution in [1.82, 2.24) is 20.0 Å². The quantitative estimate of drug-likeness (QED) is 0.323. The first-order valence-corrected chi connectivity index (χ1v) is 15.6. The van der Waals surface area contributed by atoms with E-state index in [-0.39, 0.29) is 24.4 Å². The number of carbonyl (C=O) groups excluding carboxylic acids is 4. The summed E-state index contributed by atoms with van der Waals surface area (Å²) >= 11 is 0. The van der Waals surface area contributed by atoms with Gasteiger partial charge in [0.05, 0.1) is 0 Å². The molecule has 1 unspecified atom stereocenters. The second-order valence-corrected chi connectivity index (χ2v) is 12.4. The predicted octanol–water partition coefficient (Wildman–Crippen LogP) is 4.19. The fraction of sp³-hybridized carbons (Fsp3) is 0.471. The van der Waals surface area contributed by atoms with Crippen LogP contribution >= 0.6 is 0 Å². The summed E-state index contributed by atoms with van der Waals surface area (Å²) in [6.45, 7) is 5.26. The molecule has 0 aromatic heterocycles. The van der Waals surface area contributed by atoms with E-state index >= 15 is 0 Å². The second kappa shape index (κ2) is 12.3. The van der Waals surface area contributed by atoms with Gasteiger partial charge in [0.1, 0.15) is 12.1 Å². The lowest BCUT2D eigenvalue weighted by Crippen LogP contribution is -2.51. The number of nitrogens with one attached hydrogen (secondary N) is 2. The Labute approximate surface area is 253 Å². The molecule has 5 amide bonds. The summed E-state index contributed by atoms with van der Waals surface area (Å²) in [6.07, 6.45) is 10.3. The van der Waals surface area contributed by atoms with E-state index in [2.05, 4.69) is 22.5 Å². The topological polar surface area (TPSA) is 102 Å². The van der Waals surface area contributed by atoms with E-state index in [0.717, 1.165) is 43.6 Å². The standard InChI is InChI=1S/C34H41N5O4/c1-24(26-12-13-26)38(22-25-9-4-2-5-10-25)31(41)23-39-33(43)36-32(42)34(39)17-16-27-21-28(14-15-29(27)34)35-30(40)11-8-20-37-18-6-3-7-19-37/h2,4-5,8-11,14-15,21,24,26H,3,6-7,12-13,16-20,22-23H2,1H3,(H,35,40)(H,36,42,43)/b11-8+/t24-,34?/m0/s1. The minimum atomic E-state index is -1.24. The van der Waals surface area contributed by atoms with Gasteiger partial charge >= 0.3 is 6.03 Å². The summed E-state index contributed by atoms with van der Waals surface area (Å²) in [5.74, 6) is -0.308. The number of piperidine rings is 1. The summed E-state index contributed by atoms with van der Waals surface area (Å²) in [7, 11) is 0. The number of benzene rings is 2. The number of aryl methyl sites for hydroxylation is 1. The lowest BCUT2D eigenvalue weighted by molar-refractivity contribution is -0.137. The molecule has 2 saturated heterocycles. The van der Waals surface area contributed by atoms with Gasteiger partial charge in [-0.1, -0.05) is 48.9 Å². The number of anilines is 1. The van der Waals surface area contributed by atoms with E-state index in [9.17, 15) is 19.2 Å². The lowest BCUT2D eigenvalue weighted by Gasteiger charge is -2.36. The van der Waals surface area contributed by atoms with Crippen molar-refractivity contribution >= 4 is 29.4 Å². The van der Waals surface area contributed by atoms with Gasteiger partial charge in [-0.25, -0.2) is 4.79 Å². The number of urea groups is 1. The summed E-state index contributed by atoms with van der Waals surface area (Å²) in [5, 5.41) is 5.42. The molecule has 9 heteroatoms. The normalized spacial score (nSPS) is 22.6. The molecule has 226 valence electrons. The third-order valence-corrected chi connectivity index (χ3v) is 9.56. The van der Waals surface area contributed by atoms with Crippen LogP contribution in [0.15, 0.2) is 60.7 Å². The molecule has 2 aliphatic heterocycles. The Morgan fingerprint density at radius 3 is 2.60 bits per heavy atom. The predicted molar refractivity (Wildman–Crippen MR) is 164 cm³/mol. The molecule has 1 spiro atoms. The molecule has 2 N–H and O–H groups in total. The SMILES string of the molecule is C[C@@H](C1CC1)N(Cc1ccccc1)C(=O)CN1C(=O)NC(=O)C12CCc1cc(NC(=O)/C=C/CN3CCCCC3)ccc12. The minimum absolute atomic E-state index is 0.0426. The van der Waals surface area contributed by atoms with E-state index in [0.29, 0.717) is 36.6 Å². The molecule has 6 rings (SSSR count). The Balaban J connectivity index is 1.17. The molecule has 2 aromatic rings. The zero-order chi connectivity index (χ0) is 30.0. The van der Waals surface area contributed by atoms with Gasteiger partial charge in [0.15, 0.2) is 0 Å². The molecule has 0 radical (unpaired) electrons.